The van der Waals surface area contributed by atoms with E-state index < -0.39 is 0 Å². The fourth-order valence-corrected chi connectivity index (χ4v) is 5.08. The number of aryl methyl sites for hydroxylation is 1. The average Bonchev–Trinajstić information content (AvgIpc) is 2.84. The van der Waals surface area contributed by atoms with Crippen LogP contribution in [-0.2, 0) is 4.74 Å². The van der Waals surface area contributed by atoms with Gasteiger partial charge < -0.3 is 13.8 Å². The molecule has 0 bridgehead atoms. The fourth-order valence-electron chi connectivity index (χ4n) is 3.65. The number of rotatable bonds is 5. The van der Waals surface area contributed by atoms with Crippen molar-refractivity contribution in [2.24, 2.45) is 0 Å². The number of benzene rings is 3. The molecule has 1 aliphatic heterocycles. The number of anilines is 2. The predicted molar refractivity (Wildman–Crippen MR) is 134 cm³/mol. The molecule has 1 N–H and O–H groups in total. The first-order chi connectivity index (χ1) is 15.3. The Hall–Kier alpha value is -2.67. The Balaban J connectivity index is 1.34. The van der Waals surface area contributed by atoms with Crippen LogP contribution >= 0.6 is 23.9 Å². The van der Waals surface area contributed by atoms with Crippen LogP contribution in [0.1, 0.15) is 5.56 Å². The van der Waals surface area contributed by atoms with Crippen molar-refractivity contribution in [2.75, 3.05) is 28.1 Å². The Labute approximate surface area is 191 Å². The van der Waals surface area contributed by atoms with Crippen LogP contribution in [0.25, 0.3) is 22.0 Å². The predicted octanol–water partition coefficient (Wildman–Crippen LogP) is 6.77. The van der Waals surface area contributed by atoms with Crippen LogP contribution in [-0.4, -0.2) is 24.1 Å². The smallest absolute Gasteiger partial charge is 0.112 e. The molecule has 1 fully saturated rings. The van der Waals surface area contributed by atoms with Crippen molar-refractivity contribution in [3.8, 4) is 11.3 Å². The van der Waals surface area contributed by atoms with E-state index in [4.69, 9.17) is 9.72 Å². The van der Waals surface area contributed by atoms with Gasteiger partial charge in [0, 0.05) is 33.4 Å². The van der Waals surface area contributed by atoms with E-state index in [1.807, 2.05) is 6.20 Å². The van der Waals surface area contributed by atoms with E-state index in [-0.39, 0.29) is 0 Å². The highest BCUT2D eigenvalue weighted by atomic mass is 32.2. The van der Waals surface area contributed by atoms with E-state index in [9.17, 15) is 0 Å². The van der Waals surface area contributed by atoms with Crippen molar-refractivity contribution in [2.45, 2.75) is 11.8 Å². The van der Waals surface area contributed by atoms with Crippen LogP contribution in [0.2, 0.25) is 0 Å². The second-order valence-electron chi connectivity index (χ2n) is 7.37. The summed E-state index contributed by atoms with van der Waals surface area (Å²) in [4.78, 5) is 5.87. The SMILES string of the molecule is Cc1ccc(NSc2ccc(N3CCOCS3)cc2)cc1-c1nccc2ccccc12. The van der Waals surface area contributed by atoms with Crippen molar-refractivity contribution in [1.82, 2.24) is 4.98 Å². The molecule has 31 heavy (non-hydrogen) atoms. The number of hydrogen-bond donors (Lipinski definition) is 1. The van der Waals surface area contributed by atoms with E-state index in [0.29, 0.717) is 0 Å². The van der Waals surface area contributed by atoms with Gasteiger partial charge in [-0.2, -0.15) is 0 Å². The van der Waals surface area contributed by atoms with E-state index in [1.165, 1.54) is 26.9 Å². The van der Waals surface area contributed by atoms with E-state index in [1.54, 1.807) is 23.9 Å². The highest BCUT2D eigenvalue weighted by Gasteiger charge is 2.12. The first kappa shape index (κ1) is 20.2. The molecule has 4 aromatic rings. The van der Waals surface area contributed by atoms with Crippen LogP contribution in [0.4, 0.5) is 11.4 Å². The summed E-state index contributed by atoms with van der Waals surface area (Å²) in [6.45, 7) is 3.84. The molecule has 3 aromatic carbocycles. The van der Waals surface area contributed by atoms with Gasteiger partial charge in [0.15, 0.2) is 0 Å². The number of nitrogens with one attached hydrogen (secondary N) is 1. The molecule has 1 saturated heterocycles. The fraction of sp³-hybridized carbons (Fsp3) is 0.160. The highest BCUT2D eigenvalue weighted by molar-refractivity contribution is 8.00. The summed E-state index contributed by atoms with van der Waals surface area (Å²) in [5, 5.41) is 2.38. The minimum Gasteiger partial charge on any atom is -0.367 e. The van der Waals surface area contributed by atoms with E-state index in [0.717, 1.165) is 36.0 Å². The molecule has 1 aromatic heterocycles. The third kappa shape index (κ3) is 4.51. The maximum absolute atomic E-state index is 5.41. The molecule has 0 radical (unpaired) electrons. The topological polar surface area (TPSA) is 37.4 Å². The van der Waals surface area contributed by atoms with Crippen LogP contribution in [0.3, 0.4) is 0 Å². The van der Waals surface area contributed by atoms with Crippen molar-refractivity contribution in [1.29, 1.82) is 0 Å². The molecular weight excluding hydrogens is 422 g/mol. The number of ether oxygens (including phenoxy) is 1. The van der Waals surface area contributed by atoms with E-state index in [2.05, 4.69) is 88.7 Å². The summed E-state index contributed by atoms with van der Waals surface area (Å²) in [6.07, 6.45) is 1.89. The summed E-state index contributed by atoms with van der Waals surface area (Å²) in [6, 6.07) is 25.6. The van der Waals surface area contributed by atoms with Gasteiger partial charge >= 0.3 is 0 Å². The van der Waals surface area contributed by atoms with E-state index >= 15 is 0 Å². The lowest BCUT2D eigenvalue weighted by Crippen LogP contribution is -2.26. The summed E-state index contributed by atoms with van der Waals surface area (Å²) in [5.74, 6) is 0.722. The summed E-state index contributed by atoms with van der Waals surface area (Å²) >= 11 is 3.34. The van der Waals surface area contributed by atoms with Gasteiger partial charge in [-0.3, -0.25) is 4.98 Å². The Morgan fingerprint density at radius 2 is 1.90 bits per heavy atom. The van der Waals surface area contributed by atoms with Crippen LogP contribution < -0.4 is 9.03 Å². The average molecular weight is 446 g/mol. The number of hydrogen-bond acceptors (Lipinski definition) is 6. The zero-order valence-electron chi connectivity index (χ0n) is 17.2. The molecule has 0 saturated carbocycles. The third-order valence-electron chi connectivity index (χ3n) is 5.31. The molecule has 0 amide bonds. The van der Waals surface area contributed by atoms with Gasteiger partial charge in [0.05, 0.1) is 18.8 Å². The molecule has 0 unspecified atom stereocenters. The van der Waals surface area contributed by atoms with Gasteiger partial charge in [-0.05, 0) is 84.2 Å². The first-order valence-electron chi connectivity index (χ1n) is 10.2. The zero-order valence-corrected chi connectivity index (χ0v) is 18.9. The van der Waals surface area contributed by atoms with Gasteiger partial charge in [0.1, 0.15) is 5.94 Å². The molecule has 5 rings (SSSR count). The van der Waals surface area contributed by atoms with Gasteiger partial charge in [0.2, 0.25) is 0 Å². The molecule has 0 spiro atoms. The normalized spacial score (nSPS) is 14.0. The largest absolute Gasteiger partial charge is 0.367 e. The number of pyridine rings is 1. The Morgan fingerprint density at radius 3 is 2.74 bits per heavy atom. The molecule has 1 aliphatic rings. The second-order valence-corrected chi connectivity index (χ2v) is 9.18. The van der Waals surface area contributed by atoms with Gasteiger partial charge in [-0.15, -0.1) is 0 Å². The number of aromatic nitrogens is 1. The summed E-state index contributed by atoms with van der Waals surface area (Å²) < 4.78 is 11.2. The Kier molecular flexibility index (Phi) is 6.02. The molecule has 0 atom stereocenters. The minimum atomic E-state index is 0.722. The molecule has 0 aliphatic carbocycles. The summed E-state index contributed by atoms with van der Waals surface area (Å²) in [5.41, 5.74) is 5.68. The van der Waals surface area contributed by atoms with Crippen molar-refractivity contribution >= 4 is 46.0 Å². The zero-order chi connectivity index (χ0) is 21.0. The highest BCUT2D eigenvalue weighted by Crippen LogP contribution is 2.33. The monoisotopic (exact) mass is 445 g/mol. The maximum Gasteiger partial charge on any atom is 0.112 e. The number of nitrogens with zero attached hydrogens (tertiary/aromatic N) is 2. The lowest BCUT2D eigenvalue weighted by Gasteiger charge is -2.27. The van der Waals surface area contributed by atoms with Crippen molar-refractivity contribution in [3.63, 3.8) is 0 Å². The standard InChI is InChI=1S/C25H23N3OS2/c1-18-6-7-20(16-24(18)25-23-5-3-2-4-19(23)12-13-26-25)27-31-22-10-8-21(9-11-22)28-14-15-29-17-30-28/h2-13,16,27H,14-15,17H2,1H3. The molecule has 6 heteroatoms. The first-order valence-corrected chi connectivity index (χ1v) is 12.0. The van der Waals surface area contributed by atoms with Crippen molar-refractivity contribution in [3.05, 3.63) is 84.6 Å². The Bertz CT molecular complexity index is 1190. The maximum atomic E-state index is 5.41. The number of fused-ring (bicyclic) bond motifs is 1. The summed E-state index contributed by atoms with van der Waals surface area (Å²) in [7, 11) is 0. The molecule has 2 heterocycles. The third-order valence-corrected chi connectivity index (χ3v) is 7.13. The van der Waals surface area contributed by atoms with Crippen molar-refractivity contribution < 1.29 is 4.74 Å². The lowest BCUT2D eigenvalue weighted by molar-refractivity contribution is 0.184. The van der Waals surface area contributed by atoms with Crippen LogP contribution in [0, 0.1) is 6.92 Å². The second kappa shape index (κ2) is 9.22. The van der Waals surface area contributed by atoms with Gasteiger partial charge in [-0.25, -0.2) is 0 Å². The molecule has 4 nitrogen and oxygen atoms in total. The quantitative estimate of drug-likeness (QED) is 0.342. The molecular formula is C25H23N3OS2. The van der Waals surface area contributed by atoms with Crippen LogP contribution in [0.5, 0.6) is 0 Å². The minimum absolute atomic E-state index is 0.722. The van der Waals surface area contributed by atoms with Gasteiger partial charge in [-0.1, -0.05) is 30.3 Å². The lowest BCUT2D eigenvalue weighted by atomic mass is 10.00. The molecule has 156 valence electrons. The van der Waals surface area contributed by atoms with Crippen LogP contribution in [0.15, 0.2) is 83.9 Å². The van der Waals surface area contributed by atoms with Gasteiger partial charge in [0.25, 0.3) is 0 Å². The Morgan fingerprint density at radius 1 is 1.03 bits per heavy atom.